The van der Waals surface area contributed by atoms with Crippen LogP contribution in [0.4, 0.5) is 0 Å². The van der Waals surface area contributed by atoms with Gasteiger partial charge < -0.3 is 0 Å². The summed E-state index contributed by atoms with van der Waals surface area (Å²) in [5, 5.41) is 0. The highest BCUT2D eigenvalue weighted by molar-refractivity contribution is 7.53. The van der Waals surface area contributed by atoms with Crippen molar-refractivity contribution in [1.82, 2.24) is 9.34 Å². The molecule has 0 aromatic rings. The van der Waals surface area contributed by atoms with Crippen LogP contribution in [0.3, 0.4) is 0 Å². The van der Waals surface area contributed by atoms with E-state index in [4.69, 9.17) is 0 Å². The van der Waals surface area contributed by atoms with Crippen molar-refractivity contribution in [3.8, 4) is 0 Å². The smallest absolute Gasteiger partial charge is 0.0428 e. The van der Waals surface area contributed by atoms with Gasteiger partial charge >= 0.3 is 0 Å². The maximum absolute atomic E-state index is 2.84. The zero-order chi connectivity index (χ0) is 16.3. The van der Waals surface area contributed by atoms with Gasteiger partial charge in [-0.2, -0.15) is 0 Å². The van der Waals surface area contributed by atoms with E-state index in [1.807, 2.05) is 0 Å². The maximum atomic E-state index is 2.84. The van der Waals surface area contributed by atoms with Gasteiger partial charge in [-0.25, -0.2) is 0 Å². The van der Waals surface area contributed by atoms with Crippen LogP contribution in [-0.2, 0) is 0 Å². The van der Waals surface area contributed by atoms with Crippen LogP contribution in [0.2, 0.25) is 0 Å². The number of hydrogen-bond acceptors (Lipinski definition) is 2. The second-order valence-electron chi connectivity index (χ2n) is 9.07. The van der Waals surface area contributed by atoms with Gasteiger partial charge in [0.15, 0.2) is 0 Å². The van der Waals surface area contributed by atoms with Gasteiger partial charge in [0.1, 0.15) is 0 Å². The van der Waals surface area contributed by atoms with Crippen molar-refractivity contribution in [2.24, 2.45) is 10.8 Å². The molecule has 0 aromatic heterocycles. The fourth-order valence-corrected chi connectivity index (χ4v) is 7.12. The van der Waals surface area contributed by atoms with Crippen LogP contribution >= 0.6 is 8.22 Å². The lowest BCUT2D eigenvalue weighted by Crippen LogP contribution is -2.32. The molecule has 1 unspecified atom stereocenters. The Bertz CT molecular complexity index is 279. The Hall–Kier alpha value is 0.350. The molecule has 0 aromatic carbocycles. The molecule has 21 heavy (non-hydrogen) atoms. The first kappa shape index (κ1) is 19.4. The lowest BCUT2D eigenvalue weighted by Gasteiger charge is -2.40. The topological polar surface area (TPSA) is 6.48 Å². The van der Waals surface area contributed by atoms with Gasteiger partial charge in [-0.1, -0.05) is 61.8 Å². The highest BCUT2D eigenvalue weighted by Crippen LogP contribution is 2.56. The van der Waals surface area contributed by atoms with Crippen molar-refractivity contribution in [2.75, 3.05) is 26.2 Å². The van der Waals surface area contributed by atoms with Gasteiger partial charge in [0.2, 0.25) is 0 Å². The van der Waals surface area contributed by atoms with Crippen molar-refractivity contribution >= 4 is 8.22 Å². The normalized spacial score (nSPS) is 21.1. The average Bonchev–Trinajstić information content (AvgIpc) is 2.64. The molecule has 0 aliphatic carbocycles. The van der Waals surface area contributed by atoms with E-state index in [2.05, 4.69) is 64.7 Å². The van der Waals surface area contributed by atoms with Crippen LogP contribution < -0.4 is 0 Å². The fourth-order valence-electron chi connectivity index (χ4n) is 3.29. The van der Waals surface area contributed by atoms with Crippen molar-refractivity contribution in [1.29, 1.82) is 0 Å². The molecule has 0 saturated carbocycles. The van der Waals surface area contributed by atoms with Crippen molar-refractivity contribution in [2.45, 2.75) is 80.3 Å². The van der Waals surface area contributed by atoms with E-state index in [0.717, 1.165) is 5.66 Å². The van der Waals surface area contributed by atoms with E-state index in [0.29, 0.717) is 10.8 Å². The number of nitrogens with zero attached hydrogens (tertiary/aromatic N) is 2. The Morgan fingerprint density at radius 3 is 1.57 bits per heavy atom. The fraction of sp³-hybridized carbons (Fsp3) is 1.00. The van der Waals surface area contributed by atoms with E-state index in [9.17, 15) is 0 Å². The molecule has 1 aliphatic rings. The first-order valence-electron chi connectivity index (χ1n) is 8.86. The zero-order valence-corrected chi connectivity index (χ0v) is 16.8. The molecule has 2 nitrogen and oxygen atoms in total. The lowest BCUT2D eigenvalue weighted by molar-refractivity contribution is 0.298. The van der Waals surface area contributed by atoms with Gasteiger partial charge in [-0.15, -0.1) is 0 Å². The SMILES string of the molecule is CCCC(CC)P1N(CC(C)(C)C)CCN1CC(C)(C)C. The highest BCUT2D eigenvalue weighted by atomic mass is 31.1. The standard InChI is InChI=1S/C18H39N2P/c1-9-11-16(10-2)21-19(14-17(3,4)5)12-13-20(21)15-18(6,7)8/h16H,9-15H2,1-8H3. The minimum Gasteiger partial charge on any atom is -0.268 e. The maximum Gasteiger partial charge on any atom is 0.0428 e. The van der Waals surface area contributed by atoms with E-state index < -0.39 is 0 Å². The Balaban J connectivity index is 2.89. The summed E-state index contributed by atoms with van der Waals surface area (Å²) in [5.74, 6) is 0. The minimum atomic E-state index is -0.103. The van der Waals surface area contributed by atoms with Gasteiger partial charge in [-0.3, -0.25) is 9.34 Å². The monoisotopic (exact) mass is 314 g/mol. The van der Waals surface area contributed by atoms with E-state index in [-0.39, 0.29) is 8.22 Å². The summed E-state index contributed by atoms with van der Waals surface area (Å²) in [6.45, 7) is 24.1. The molecule has 3 heteroatoms. The van der Waals surface area contributed by atoms with Crippen LogP contribution in [0.25, 0.3) is 0 Å². The van der Waals surface area contributed by atoms with Crippen molar-refractivity contribution in [3.63, 3.8) is 0 Å². The van der Waals surface area contributed by atoms with Crippen LogP contribution in [0.15, 0.2) is 0 Å². The molecule has 1 heterocycles. The second-order valence-corrected chi connectivity index (χ2v) is 11.6. The summed E-state index contributed by atoms with van der Waals surface area (Å²) >= 11 is 0. The minimum absolute atomic E-state index is 0.103. The molecule has 0 radical (unpaired) electrons. The van der Waals surface area contributed by atoms with Gasteiger partial charge in [0.05, 0.1) is 0 Å². The molecule has 1 atom stereocenters. The van der Waals surface area contributed by atoms with Gasteiger partial charge in [0.25, 0.3) is 0 Å². The molecule has 0 spiro atoms. The largest absolute Gasteiger partial charge is 0.268 e. The summed E-state index contributed by atoms with van der Waals surface area (Å²) in [7, 11) is -0.103. The number of hydrogen-bond donors (Lipinski definition) is 0. The number of rotatable bonds is 6. The quantitative estimate of drug-likeness (QED) is 0.590. The molecule has 0 bridgehead atoms. The van der Waals surface area contributed by atoms with Gasteiger partial charge in [0, 0.05) is 40.1 Å². The van der Waals surface area contributed by atoms with Crippen LogP contribution in [0.5, 0.6) is 0 Å². The summed E-state index contributed by atoms with van der Waals surface area (Å²) in [4.78, 5) is 0. The van der Waals surface area contributed by atoms with E-state index in [1.165, 1.54) is 45.4 Å². The van der Waals surface area contributed by atoms with Crippen molar-refractivity contribution in [3.05, 3.63) is 0 Å². The van der Waals surface area contributed by atoms with Gasteiger partial charge in [-0.05, 0) is 23.7 Å². The molecular weight excluding hydrogens is 275 g/mol. The summed E-state index contributed by atoms with van der Waals surface area (Å²) < 4.78 is 5.68. The van der Waals surface area contributed by atoms with Crippen molar-refractivity contribution < 1.29 is 0 Å². The Morgan fingerprint density at radius 1 is 0.857 bits per heavy atom. The average molecular weight is 314 g/mol. The Kier molecular flexibility index (Phi) is 7.16. The summed E-state index contributed by atoms with van der Waals surface area (Å²) in [5.41, 5.74) is 1.70. The first-order valence-corrected chi connectivity index (χ1v) is 10.2. The van der Waals surface area contributed by atoms with E-state index >= 15 is 0 Å². The van der Waals surface area contributed by atoms with E-state index in [1.54, 1.807) is 0 Å². The lowest BCUT2D eigenvalue weighted by atomic mass is 9.97. The molecule has 1 saturated heterocycles. The zero-order valence-electron chi connectivity index (χ0n) is 15.9. The molecule has 1 rings (SSSR count). The van der Waals surface area contributed by atoms with Crippen LogP contribution in [0, 0.1) is 10.8 Å². The van der Waals surface area contributed by atoms with Crippen LogP contribution in [0.1, 0.15) is 74.7 Å². The third-order valence-electron chi connectivity index (χ3n) is 3.93. The molecule has 1 aliphatic heterocycles. The Morgan fingerprint density at radius 2 is 1.29 bits per heavy atom. The molecular formula is C18H39N2P. The molecule has 1 fully saturated rings. The molecule has 0 amide bonds. The third kappa shape index (κ3) is 6.55. The summed E-state index contributed by atoms with van der Waals surface area (Å²) in [6, 6.07) is 0. The second kappa shape index (κ2) is 7.75. The van der Waals surface area contributed by atoms with Crippen LogP contribution in [-0.4, -0.2) is 41.2 Å². The Labute approximate surface area is 135 Å². The predicted octanol–water partition coefficient (Wildman–Crippen LogP) is 5.59. The molecule has 0 N–H and O–H groups in total. The molecule has 126 valence electrons. The summed E-state index contributed by atoms with van der Waals surface area (Å²) in [6.07, 6.45) is 4.05. The first-order chi connectivity index (χ1) is 9.57. The highest BCUT2D eigenvalue weighted by Gasteiger charge is 2.39. The third-order valence-corrected chi connectivity index (χ3v) is 7.05. The predicted molar refractivity (Wildman–Crippen MR) is 98.0 cm³/mol.